The number of hydrogen-bond acceptors (Lipinski definition) is 4. The molecule has 3 atom stereocenters. The Hall–Kier alpha value is -0.160. The largest absolute Gasteiger partial charge is 0.396 e. The van der Waals surface area contributed by atoms with Gasteiger partial charge in [0.1, 0.15) is 0 Å². The van der Waals surface area contributed by atoms with Gasteiger partial charge in [-0.3, -0.25) is 0 Å². The molecule has 0 aliphatic rings. The predicted octanol–water partition coefficient (Wildman–Crippen LogP) is 0.422. The lowest BCUT2D eigenvalue weighted by molar-refractivity contribution is 0.0781. The third-order valence-electron chi connectivity index (χ3n) is 2.60. The molecule has 3 unspecified atom stereocenters. The highest BCUT2D eigenvalue weighted by Gasteiger charge is 2.10. The highest BCUT2D eigenvalue weighted by molar-refractivity contribution is 4.63. The van der Waals surface area contributed by atoms with E-state index in [0.717, 1.165) is 0 Å². The summed E-state index contributed by atoms with van der Waals surface area (Å²) in [5.74, 6) is 0. The fraction of sp³-hybridized carbons (Fsp3) is 1.00. The minimum absolute atomic E-state index is 0.0220. The Labute approximate surface area is 91.6 Å². The summed E-state index contributed by atoms with van der Waals surface area (Å²) >= 11 is 0. The van der Waals surface area contributed by atoms with Crippen LogP contribution in [0, 0.1) is 0 Å². The normalized spacial score (nSPS) is 17.4. The van der Waals surface area contributed by atoms with E-state index in [2.05, 4.69) is 0 Å². The van der Waals surface area contributed by atoms with Crippen LogP contribution in [0.15, 0.2) is 0 Å². The second kappa shape index (κ2) is 9.09. The average Bonchev–Trinajstić information content (AvgIpc) is 2.23. The summed E-state index contributed by atoms with van der Waals surface area (Å²) < 4.78 is 0. The molecule has 0 aromatic carbocycles. The minimum atomic E-state index is -0.527. The van der Waals surface area contributed by atoms with E-state index in [-0.39, 0.29) is 12.7 Å². The van der Waals surface area contributed by atoms with E-state index >= 15 is 0 Å². The zero-order valence-electron chi connectivity index (χ0n) is 9.47. The Morgan fingerprint density at radius 3 is 1.53 bits per heavy atom. The van der Waals surface area contributed by atoms with E-state index in [1.54, 1.807) is 0 Å². The van der Waals surface area contributed by atoms with Crippen molar-refractivity contribution in [1.82, 2.24) is 0 Å². The lowest BCUT2D eigenvalue weighted by Gasteiger charge is -2.15. The molecule has 0 saturated carbocycles. The van der Waals surface area contributed by atoms with Gasteiger partial charge >= 0.3 is 0 Å². The molecule has 4 N–H and O–H groups in total. The maximum Gasteiger partial charge on any atom is 0.0563 e. The monoisotopic (exact) mass is 220 g/mol. The van der Waals surface area contributed by atoms with E-state index in [1.165, 1.54) is 0 Å². The SMILES string of the molecule is CCC(O)CCC(O)CCC(O)CCO. The van der Waals surface area contributed by atoms with Crippen LogP contribution in [0.4, 0.5) is 0 Å². The van der Waals surface area contributed by atoms with Gasteiger partial charge in [0.2, 0.25) is 0 Å². The van der Waals surface area contributed by atoms with Gasteiger partial charge in [0.15, 0.2) is 0 Å². The lowest BCUT2D eigenvalue weighted by atomic mass is 10.0. The molecule has 4 heteroatoms. The second-order valence-corrected chi connectivity index (χ2v) is 4.04. The van der Waals surface area contributed by atoms with Gasteiger partial charge in [-0.1, -0.05) is 6.92 Å². The first kappa shape index (κ1) is 14.8. The highest BCUT2D eigenvalue weighted by atomic mass is 16.3. The van der Waals surface area contributed by atoms with Crippen molar-refractivity contribution < 1.29 is 20.4 Å². The summed E-state index contributed by atoms with van der Waals surface area (Å²) in [6.45, 7) is 1.88. The lowest BCUT2D eigenvalue weighted by Crippen LogP contribution is -2.16. The third kappa shape index (κ3) is 8.81. The van der Waals surface area contributed by atoms with Crippen molar-refractivity contribution in [1.29, 1.82) is 0 Å². The van der Waals surface area contributed by atoms with Gasteiger partial charge in [-0.2, -0.15) is 0 Å². The second-order valence-electron chi connectivity index (χ2n) is 4.04. The molecule has 0 rings (SSSR count). The molecule has 15 heavy (non-hydrogen) atoms. The third-order valence-corrected chi connectivity index (χ3v) is 2.60. The van der Waals surface area contributed by atoms with Crippen LogP contribution in [-0.4, -0.2) is 45.3 Å². The summed E-state index contributed by atoms with van der Waals surface area (Å²) in [7, 11) is 0. The zero-order valence-corrected chi connectivity index (χ0v) is 9.47. The number of aliphatic hydroxyl groups excluding tert-OH is 4. The van der Waals surface area contributed by atoms with Crippen LogP contribution in [0.2, 0.25) is 0 Å². The molecule has 0 spiro atoms. The van der Waals surface area contributed by atoms with Gasteiger partial charge in [0, 0.05) is 6.61 Å². The van der Waals surface area contributed by atoms with Crippen molar-refractivity contribution in [2.45, 2.75) is 63.8 Å². The summed E-state index contributed by atoms with van der Waals surface area (Å²) in [5.41, 5.74) is 0. The Kier molecular flexibility index (Phi) is 9.00. The van der Waals surface area contributed by atoms with Gasteiger partial charge in [-0.05, 0) is 38.5 Å². The standard InChI is InChI=1S/C11H24O4/c1-2-9(13)3-4-10(14)5-6-11(15)7-8-12/h9-15H,2-8H2,1H3. The fourth-order valence-corrected chi connectivity index (χ4v) is 1.41. The average molecular weight is 220 g/mol. The predicted molar refractivity (Wildman–Crippen MR) is 58.5 cm³/mol. The van der Waals surface area contributed by atoms with Crippen LogP contribution in [0.25, 0.3) is 0 Å². The summed E-state index contributed by atoms with van der Waals surface area (Å²) in [5, 5.41) is 36.7. The van der Waals surface area contributed by atoms with Crippen LogP contribution in [-0.2, 0) is 0 Å². The molecule has 4 nitrogen and oxygen atoms in total. The molecule has 0 radical (unpaired) electrons. The van der Waals surface area contributed by atoms with Crippen molar-refractivity contribution >= 4 is 0 Å². The molecular weight excluding hydrogens is 196 g/mol. The smallest absolute Gasteiger partial charge is 0.0563 e. The van der Waals surface area contributed by atoms with E-state index in [4.69, 9.17) is 5.11 Å². The Morgan fingerprint density at radius 1 is 0.733 bits per heavy atom. The Balaban J connectivity index is 3.44. The first-order valence-electron chi connectivity index (χ1n) is 5.75. The summed E-state index contributed by atoms with van der Waals surface area (Å²) in [4.78, 5) is 0. The molecule has 0 aliphatic carbocycles. The topological polar surface area (TPSA) is 80.9 Å². The zero-order chi connectivity index (χ0) is 11.7. The van der Waals surface area contributed by atoms with Crippen LogP contribution in [0.3, 0.4) is 0 Å². The van der Waals surface area contributed by atoms with E-state index < -0.39 is 12.2 Å². The number of aliphatic hydroxyl groups is 4. The van der Waals surface area contributed by atoms with Gasteiger partial charge in [-0.25, -0.2) is 0 Å². The molecule has 0 heterocycles. The first-order chi connectivity index (χ1) is 7.10. The highest BCUT2D eigenvalue weighted by Crippen LogP contribution is 2.11. The Morgan fingerprint density at radius 2 is 1.13 bits per heavy atom. The van der Waals surface area contributed by atoms with E-state index in [0.29, 0.717) is 38.5 Å². The first-order valence-corrected chi connectivity index (χ1v) is 5.75. The van der Waals surface area contributed by atoms with Gasteiger partial charge in [0.05, 0.1) is 18.3 Å². The van der Waals surface area contributed by atoms with Crippen molar-refractivity contribution in [2.24, 2.45) is 0 Å². The van der Waals surface area contributed by atoms with Crippen molar-refractivity contribution in [2.75, 3.05) is 6.61 Å². The maximum atomic E-state index is 9.53. The van der Waals surface area contributed by atoms with Crippen LogP contribution in [0.5, 0.6) is 0 Å². The molecule has 0 aromatic heterocycles. The van der Waals surface area contributed by atoms with Crippen molar-refractivity contribution in [3.05, 3.63) is 0 Å². The summed E-state index contributed by atoms with van der Waals surface area (Å²) in [6, 6.07) is 0. The van der Waals surface area contributed by atoms with Gasteiger partial charge in [0.25, 0.3) is 0 Å². The molecule has 0 aromatic rings. The van der Waals surface area contributed by atoms with Crippen molar-refractivity contribution in [3.63, 3.8) is 0 Å². The molecule has 0 bridgehead atoms. The molecule has 92 valence electrons. The molecule has 0 fully saturated rings. The van der Waals surface area contributed by atoms with E-state index in [9.17, 15) is 15.3 Å². The van der Waals surface area contributed by atoms with Crippen molar-refractivity contribution in [3.8, 4) is 0 Å². The number of hydrogen-bond donors (Lipinski definition) is 4. The molecule has 0 amide bonds. The quantitative estimate of drug-likeness (QED) is 0.454. The summed E-state index contributed by atoms with van der Waals surface area (Å²) in [6.07, 6.45) is 1.96. The van der Waals surface area contributed by atoms with E-state index in [1.807, 2.05) is 6.92 Å². The molecule has 0 saturated heterocycles. The molecular formula is C11H24O4. The van der Waals surface area contributed by atoms with Crippen LogP contribution >= 0.6 is 0 Å². The van der Waals surface area contributed by atoms with Crippen LogP contribution < -0.4 is 0 Å². The number of rotatable bonds is 9. The van der Waals surface area contributed by atoms with Crippen LogP contribution in [0.1, 0.15) is 45.4 Å². The fourth-order valence-electron chi connectivity index (χ4n) is 1.41. The Bertz CT molecular complexity index is 141. The minimum Gasteiger partial charge on any atom is -0.396 e. The maximum absolute atomic E-state index is 9.53. The van der Waals surface area contributed by atoms with Gasteiger partial charge < -0.3 is 20.4 Å². The van der Waals surface area contributed by atoms with Gasteiger partial charge in [-0.15, -0.1) is 0 Å². The molecule has 0 aliphatic heterocycles.